The van der Waals surface area contributed by atoms with Gasteiger partial charge in [-0.1, -0.05) is 6.92 Å². The van der Waals surface area contributed by atoms with Gasteiger partial charge in [0.05, 0.1) is 5.69 Å². The molecule has 0 radical (unpaired) electrons. The van der Waals surface area contributed by atoms with Crippen LogP contribution in [0.15, 0.2) is 23.2 Å². The van der Waals surface area contributed by atoms with Crippen LogP contribution in [-0.4, -0.2) is 10.7 Å². The summed E-state index contributed by atoms with van der Waals surface area (Å²) in [7, 11) is 0. The lowest BCUT2D eigenvalue weighted by atomic mass is 10.4. The molecular formula is C9H13NS2. The summed E-state index contributed by atoms with van der Waals surface area (Å²) < 4.78 is 0. The van der Waals surface area contributed by atoms with Crippen LogP contribution in [0.3, 0.4) is 0 Å². The Balaban J connectivity index is 2.46. The van der Waals surface area contributed by atoms with Crippen LogP contribution >= 0.6 is 24.4 Å². The van der Waals surface area contributed by atoms with Crippen molar-refractivity contribution in [3.63, 3.8) is 0 Å². The van der Waals surface area contributed by atoms with Crippen LogP contribution in [-0.2, 0) is 5.75 Å². The standard InChI is InChI=1S/C9H13NS2/c1-2-6-12-7-8-9(11)4-3-5-10-8/h3-5,11H,2,6-7H2,1H3. The number of hydrogen-bond acceptors (Lipinski definition) is 3. The average Bonchev–Trinajstić information content (AvgIpc) is 2.09. The fourth-order valence-electron chi connectivity index (χ4n) is 0.854. The van der Waals surface area contributed by atoms with Crippen molar-refractivity contribution in [3.05, 3.63) is 24.0 Å². The molecule has 12 heavy (non-hydrogen) atoms. The molecule has 1 rings (SSSR count). The third-order valence-electron chi connectivity index (χ3n) is 1.45. The predicted octanol–water partition coefficient (Wildman–Crippen LogP) is 3.01. The molecule has 0 unspecified atom stereocenters. The van der Waals surface area contributed by atoms with E-state index in [1.54, 1.807) is 0 Å². The molecule has 0 amide bonds. The molecule has 0 saturated carbocycles. The average molecular weight is 199 g/mol. The van der Waals surface area contributed by atoms with Crippen molar-refractivity contribution in [1.82, 2.24) is 4.98 Å². The lowest BCUT2D eigenvalue weighted by Crippen LogP contribution is -1.88. The molecular weight excluding hydrogens is 186 g/mol. The van der Waals surface area contributed by atoms with Gasteiger partial charge in [0, 0.05) is 16.8 Å². The number of pyridine rings is 1. The maximum absolute atomic E-state index is 4.32. The third kappa shape index (κ3) is 3.07. The summed E-state index contributed by atoms with van der Waals surface area (Å²) in [5.74, 6) is 2.18. The summed E-state index contributed by atoms with van der Waals surface area (Å²) in [5, 5.41) is 0. The van der Waals surface area contributed by atoms with E-state index in [1.807, 2.05) is 30.1 Å². The first kappa shape index (κ1) is 9.93. The highest BCUT2D eigenvalue weighted by atomic mass is 32.2. The largest absolute Gasteiger partial charge is 0.259 e. The lowest BCUT2D eigenvalue weighted by Gasteiger charge is -2.01. The van der Waals surface area contributed by atoms with Crippen molar-refractivity contribution in [2.75, 3.05) is 5.75 Å². The number of thiol groups is 1. The van der Waals surface area contributed by atoms with Crippen molar-refractivity contribution in [2.45, 2.75) is 24.0 Å². The van der Waals surface area contributed by atoms with E-state index in [4.69, 9.17) is 0 Å². The Morgan fingerprint density at radius 2 is 2.42 bits per heavy atom. The lowest BCUT2D eigenvalue weighted by molar-refractivity contribution is 1.07. The van der Waals surface area contributed by atoms with Gasteiger partial charge in [-0.3, -0.25) is 4.98 Å². The zero-order chi connectivity index (χ0) is 8.81. The second-order valence-corrected chi connectivity index (χ2v) is 4.11. The molecule has 0 bridgehead atoms. The Morgan fingerprint density at radius 3 is 3.08 bits per heavy atom. The van der Waals surface area contributed by atoms with E-state index < -0.39 is 0 Å². The Labute approximate surface area is 83.4 Å². The van der Waals surface area contributed by atoms with E-state index >= 15 is 0 Å². The molecule has 1 heterocycles. The van der Waals surface area contributed by atoms with Gasteiger partial charge in [-0.05, 0) is 24.3 Å². The van der Waals surface area contributed by atoms with Crippen LogP contribution in [0.2, 0.25) is 0 Å². The van der Waals surface area contributed by atoms with E-state index in [0.29, 0.717) is 0 Å². The van der Waals surface area contributed by atoms with Crippen molar-refractivity contribution < 1.29 is 0 Å². The quantitative estimate of drug-likeness (QED) is 0.591. The summed E-state index contributed by atoms with van der Waals surface area (Å²) >= 11 is 6.23. The maximum Gasteiger partial charge on any atom is 0.0635 e. The Bertz CT molecular complexity index is 238. The normalized spacial score (nSPS) is 10.2. The van der Waals surface area contributed by atoms with Crippen molar-refractivity contribution in [3.8, 4) is 0 Å². The van der Waals surface area contributed by atoms with Crippen molar-refractivity contribution >= 4 is 24.4 Å². The van der Waals surface area contributed by atoms with Gasteiger partial charge >= 0.3 is 0 Å². The number of thioether (sulfide) groups is 1. The SMILES string of the molecule is CCCSCc1ncccc1S. The van der Waals surface area contributed by atoms with Gasteiger partial charge in [0.2, 0.25) is 0 Å². The van der Waals surface area contributed by atoms with Crippen LogP contribution in [0.25, 0.3) is 0 Å². The second kappa shape index (κ2) is 5.49. The molecule has 0 fully saturated rings. The first-order chi connectivity index (χ1) is 5.84. The molecule has 0 atom stereocenters. The molecule has 0 aliphatic heterocycles. The van der Waals surface area contributed by atoms with E-state index in [-0.39, 0.29) is 0 Å². The fraction of sp³-hybridized carbons (Fsp3) is 0.444. The van der Waals surface area contributed by atoms with Gasteiger partial charge in [-0.15, -0.1) is 12.6 Å². The Hall–Kier alpha value is -0.150. The molecule has 0 aromatic carbocycles. The fourth-order valence-corrected chi connectivity index (χ4v) is 2.04. The summed E-state index contributed by atoms with van der Waals surface area (Å²) in [6.07, 6.45) is 3.04. The van der Waals surface area contributed by atoms with E-state index in [0.717, 1.165) is 16.3 Å². The number of rotatable bonds is 4. The minimum absolute atomic E-state index is 0.980. The molecule has 1 nitrogen and oxygen atoms in total. The van der Waals surface area contributed by atoms with Crippen LogP contribution in [0.5, 0.6) is 0 Å². The molecule has 0 N–H and O–H groups in total. The van der Waals surface area contributed by atoms with Gasteiger partial charge in [0.25, 0.3) is 0 Å². The van der Waals surface area contributed by atoms with Crippen LogP contribution < -0.4 is 0 Å². The topological polar surface area (TPSA) is 12.9 Å². The minimum Gasteiger partial charge on any atom is -0.259 e. The molecule has 66 valence electrons. The summed E-state index contributed by atoms with van der Waals surface area (Å²) in [4.78, 5) is 5.25. The number of nitrogens with zero attached hydrogens (tertiary/aromatic N) is 1. The number of hydrogen-bond donors (Lipinski definition) is 1. The zero-order valence-corrected chi connectivity index (χ0v) is 8.87. The monoisotopic (exact) mass is 199 g/mol. The van der Waals surface area contributed by atoms with Gasteiger partial charge < -0.3 is 0 Å². The van der Waals surface area contributed by atoms with E-state index in [2.05, 4.69) is 24.5 Å². The second-order valence-electron chi connectivity index (χ2n) is 2.52. The first-order valence-corrected chi connectivity index (χ1v) is 5.65. The molecule has 0 aliphatic rings. The van der Waals surface area contributed by atoms with Crippen LogP contribution in [0.1, 0.15) is 19.0 Å². The van der Waals surface area contributed by atoms with Crippen molar-refractivity contribution in [1.29, 1.82) is 0 Å². The van der Waals surface area contributed by atoms with E-state index in [9.17, 15) is 0 Å². The number of aromatic nitrogens is 1. The molecule has 0 aliphatic carbocycles. The highest BCUT2D eigenvalue weighted by molar-refractivity contribution is 7.98. The van der Waals surface area contributed by atoms with Gasteiger partial charge in [0.1, 0.15) is 0 Å². The maximum atomic E-state index is 4.32. The smallest absolute Gasteiger partial charge is 0.0635 e. The van der Waals surface area contributed by atoms with E-state index in [1.165, 1.54) is 12.2 Å². The van der Waals surface area contributed by atoms with Crippen LogP contribution in [0, 0.1) is 0 Å². The van der Waals surface area contributed by atoms with Gasteiger partial charge in [-0.25, -0.2) is 0 Å². The molecule has 1 aromatic rings. The highest BCUT2D eigenvalue weighted by Gasteiger charge is 1.97. The first-order valence-electron chi connectivity index (χ1n) is 4.05. The van der Waals surface area contributed by atoms with Crippen molar-refractivity contribution in [2.24, 2.45) is 0 Å². The Morgan fingerprint density at radius 1 is 1.58 bits per heavy atom. The highest BCUT2D eigenvalue weighted by Crippen LogP contribution is 2.17. The van der Waals surface area contributed by atoms with Gasteiger partial charge in [0.15, 0.2) is 0 Å². The molecule has 1 aromatic heterocycles. The zero-order valence-electron chi connectivity index (χ0n) is 7.16. The Kier molecular flexibility index (Phi) is 4.54. The predicted molar refractivity (Wildman–Crippen MR) is 57.9 cm³/mol. The van der Waals surface area contributed by atoms with Gasteiger partial charge in [-0.2, -0.15) is 11.8 Å². The third-order valence-corrected chi connectivity index (χ3v) is 3.04. The minimum atomic E-state index is 0.980. The summed E-state index contributed by atoms with van der Waals surface area (Å²) in [6, 6.07) is 3.90. The summed E-state index contributed by atoms with van der Waals surface area (Å²) in [6.45, 7) is 2.19. The van der Waals surface area contributed by atoms with Crippen LogP contribution in [0.4, 0.5) is 0 Å². The molecule has 0 spiro atoms. The summed E-state index contributed by atoms with van der Waals surface area (Å²) in [5.41, 5.74) is 1.10. The molecule has 3 heteroatoms. The molecule has 0 saturated heterocycles.